The van der Waals surface area contributed by atoms with E-state index < -0.39 is 6.29 Å². The van der Waals surface area contributed by atoms with Gasteiger partial charge in [0.15, 0.2) is 11.5 Å². The number of ether oxygens (including phenoxy) is 2. The summed E-state index contributed by atoms with van der Waals surface area (Å²) in [6.07, 6.45) is -1.84. The van der Waals surface area contributed by atoms with Gasteiger partial charge in [-0.1, -0.05) is 6.07 Å². The molecule has 1 aliphatic rings. The van der Waals surface area contributed by atoms with E-state index >= 15 is 0 Å². The number of aromatic nitrogens is 1. The number of hydrogen-bond donors (Lipinski definition) is 1. The molecule has 0 radical (unpaired) electrons. The van der Waals surface area contributed by atoms with Gasteiger partial charge in [-0.25, -0.2) is 0 Å². The van der Waals surface area contributed by atoms with E-state index in [-0.39, 0.29) is 24.0 Å². The molecular formula is C15H14F2N2O3. The number of amides is 1. The first-order chi connectivity index (χ1) is 10.4. The third kappa shape index (κ3) is 2.61. The summed E-state index contributed by atoms with van der Waals surface area (Å²) in [6.45, 7) is 2.05. The van der Waals surface area contributed by atoms with Crippen LogP contribution in [0.2, 0.25) is 0 Å². The van der Waals surface area contributed by atoms with E-state index in [1.165, 1.54) is 12.1 Å². The van der Waals surface area contributed by atoms with Crippen molar-refractivity contribution >= 4 is 5.91 Å². The maximum atomic E-state index is 12.9. The Kier molecular flexibility index (Phi) is 3.27. The van der Waals surface area contributed by atoms with Crippen molar-refractivity contribution in [1.29, 1.82) is 0 Å². The average molecular weight is 308 g/mol. The number of halogens is 2. The van der Waals surface area contributed by atoms with Crippen molar-refractivity contribution in [2.45, 2.75) is 19.8 Å². The Morgan fingerprint density at radius 2 is 2.00 bits per heavy atom. The van der Waals surface area contributed by atoms with E-state index in [9.17, 15) is 13.6 Å². The molecule has 0 bridgehead atoms. The van der Waals surface area contributed by atoms with Gasteiger partial charge < -0.3 is 19.4 Å². The van der Waals surface area contributed by atoms with E-state index in [2.05, 4.69) is 14.8 Å². The first-order valence-corrected chi connectivity index (χ1v) is 6.64. The second-order valence-electron chi connectivity index (χ2n) is 5.06. The number of carbonyl (C=O) groups is 1. The molecule has 1 N–H and O–H groups in total. The number of nitrogens with zero attached hydrogens (tertiary/aromatic N) is 1. The second kappa shape index (κ2) is 5.01. The topological polar surface area (TPSA) is 52.5 Å². The van der Waals surface area contributed by atoms with Crippen molar-refractivity contribution in [3.8, 4) is 11.5 Å². The number of aryl methyl sites for hydroxylation is 1. The highest BCUT2D eigenvalue weighted by Crippen LogP contribution is 2.41. The van der Waals surface area contributed by atoms with Gasteiger partial charge in [0.2, 0.25) is 0 Å². The lowest BCUT2D eigenvalue weighted by Gasteiger charge is -2.06. The Balaban J connectivity index is 1.68. The van der Waals surface area contributed by atoms with Crippen LogP contribution >= 0.6 is 0 Å². The van der Waals surface area contributed by atoms with Crippen LogP contribution in [-0.2, 0) is 13.6 Å². The second-order valence-corrected chi connectivity index (χ2v) is 5.06. The Bertz CT molecular complexity index is 740. The summed E-state index contributed by atoms with van der Waals surface area (Å²) in [6, 6.07) is 6.15. The van der Waals surface area contributed by atoms with Crippen molar-refractivity contribution in [1.82, 2.24) is 9.88 Å². The third-order valence-electron chi connectivity index (χ3n) is 3.55. The minimum atomic E-state index is -3.63. The first kappa shape index (κ1) is 14.4. The van der Waals surface area contributed by atoms with Gasteiger partial charge in [-0.15, -0.1) is 8.78 Å². The quantitative estimate of drug-likeness (QED) is 0.948. The van der Waals surface area contributed by atoms with Crippen LogP contribution in [0, 0.1) is 6.92 Å². The summed E-state index contributed by atoms with van der Waals surface area (Å²) in [5.74, 6) is -0.271. The van der Waals surface area contributed by atoms with E-state index in [1.807, 2.05) is 18.5 Å². The summed E-state index contributed by atoms with van der Waals surface area (Å²) in [5.41, 5.74) is 2.07. The Hall–Kier alpha value is -2.57. The molecule has 2 heterocycles. The Labute approximate surface area is 125 Å². The molecule has 0 unspecified atom stereocenters. The molecule has 0 atom stereocenters. The Morgan fingerprint density at radius 1 is 1.27 bits per heavy atom. The van der Waals surface area contributed by atoms with Gasteiger partial charge in [-0.05, 0) is 30.7 Å². The van der Waals surface area contributed by atoms with Crippen molar-refractivity contribution in [2.75, 3.05) is 0 Å². The van der Waals surface area contributed by atoms with Crippen molar-refractivity contribution in [3.05, 3.63) is 47.3 Å². The SMILES string of the molecule is Cc1c(C(=O)NCc2ccc3c(c2)OC(F)(F)O3)ccn1C. The first-order valence-electron chi connectivity index (χ1n) is 6.64. The smallest absolute Gasteiger partial charge is 0.395 e. The zero-order chi connectivity index (χ0) is 15.9. The summed E-state index contributed by atoms with van der Waals surface area (Å²) in [4.78, 5) is 12.1. The van der Waals surface area contributed by atoms with Crippen LogP contribution in [0.3, 0.4) is 0 Å². The molecule has 0 saturated carbocycles. The molecule has 22 heavy (non-hydrogen) atoms. The number of carbonyl (C=O) groups excluding carboxylic acids is 1. The lowest BCUT2D eigenvalue weighted by Crippen LogP contribution is -2.26. The van der Waals surface area contributed by atoms with Gasteiger partial charge in [-0.3, -0.25) is 4.79 Å². The summed E-state index contributed by atoms with van der Waals surface area (Å²) in [7, 11) is 1.85. The fourth-order valence-electron chi connectivity index (χ4n) is 2.23. The molecule has 1 aromatic carbocycles. The highest BCUT2D eigenvalue weighted by atomic mass is 19.3. The van der Waals surface area contributed by atoms with E-state index in [1.54, 1.807) is 18.3 Å². The molecule has 0 aliphatic carbocycles. The number of nitrogens with one attached hydrogen (secondary N) is 1. The molecule has 7 heteroatoms. The summed E-state index contributed by atoms with van der Waals surface area (Å²) >= 11 is 0. The molecule has 0 fully saturated rings. The standard InChI is InChI=1S/C15H14F2N2O3/c1-9-11(5-6-19(9)2)14(20)18-8-10-3-4-12-13(7-10)22-15(16,17)21-12/h3-7H,8H2,1-2H3,(H,18,20). The fraction of sp³-hybridized carbons (Fsp3) is 0.267. The van der Waals surface area contributed by atoms with Gasteiger partial charge in [0.05, 0.1) is 5.56 Å². The molecule has 1 aliphatic heterocycles. The van der Waals surface area contributed by atoms with Crippen LogP contribution in [-0.4, -0.2) is 16.8 Å². The predicted octanol–water partition coefficient (Wildman–Crippen LogP) is 2.59. The summed E-state index contributed by atoms with van der Waals surface area (Å²) < 4.78 is 36.4. The fourth-order valence-corrected chi connectivity index (χ4v) is 2.23. The van der Waals surface area contributed by atoms with E-state index in [4.69, 9.17) is 0 Å². The van der Waals surface area contributed by atoms with Gasteiger partial charge >= 0.3 is 6.29 Å². The van der Waals surface area contributed by atoms with Gasteiger partial charge in [0.1, 0.15) is 0 Å². The molecule has 0 spiro atoms. The molecule has 5 nitrogen and oxygen atoms in total. The molecule has 1 amide bonds. The number of alkyl halides is 2. The molecule has 0 saturated heterocycles. The molecule has 3 rings (SSSR count). The van der Waals surface area contributed by atoms with Crippen LogP contribution in [0.15, 0.2) is 30.5 Å². The lowest BCUT2D eigenvalue weighted by atomic mass is 10.2. The molecule has 1 aromatic heterocycles. The highest BCUT2D eigenvalue weighted by molar-refractivity contribution is 5.95. The molecular weight excluding hydrogens is 294 g/mol. The van der Waals surface area contributed by atoms with Gasteiger partial charge in [0.25, 0.3) is 5.91 Å². The lowest BCUT2D eigenvalue weighted by molar-refractivity contribution is -0.286. The third-order valence-corrected chi connectivity index (χ3v) is 3.55. The molecule has 116 valence electrons. The molecule has 2 aromatic rings. The summed E-state index contributed by atoms with van der Waals surface area (Å²) in [5, 5.41) is 2.75. The van der Waals surface area contributed by atoms with Gasteiger partial charge in [0, 0.05) is 25.5 Å². The normalized spacial score (nSPS) is 14.9. The Morgan fingerprint density at radius 3 is 2.68 bits per heavy atom. The minimum absolute atomic E-state index is 0.0148. The number of benzene rings is 1. The van der Waals surface area contributed by atoms with Crippen LogP contribution in [0.25, 0.3) is 0 Å². The van der Waals surface area contributed by atoms with Gasteiger partial charge in [-0.2, -0.15) is 0 Å². The van der Waals surface area contributed by atoms with Crippen LogP contribution < -0.4 is 14.8 Å². The van der Waals surface area contributed by atoms with Crippen LogP contribution in [0.5, 0.6) is 11.5 Å². The number of hydrogen-bond acceptors (Lipinski definition) is 3. The van der Waals surface area contributed by atoms with E-state index in [0.29, 0.717) is 11.1 Å². The monoisotopic (exact) mass is 308 g/mol. The zero-order valence-corrected chi connectivity index (χ0v) is 12.0. The van der Waals surface area contributed by atoms with Crippen LogP contribution in [0.1, 0.15) is 21.6 Å². The van der Waals surface area contributed by atoms with Crippen molar-refractivity contribution < 1.29 is 23.0 Å². The minimum Gasteiger partial charge on any atom is -0.395 e. The average Bonchev–Trinajstić information content (AvgIpc) is 2.94. The number of fused-ring (bicyclic) bond motifs is 1. The zero-order valence-electron chi connectivity index (χ0n) is 12.0. The van der Waals surface area contributed by atoms with Crippen molar-refractivity contribution in [2.24, 2.45) is 7.05 Å². The largest absolute Gasteiger partial charge is 0.586 e. The van der Waals surface area contributed by atoms with Crippen LogP contribution in [0.4, 0.5) is 8.78 Å². The number of rotatable bonds is 3. The van der Waals surface area contributed by atoms with E-state index in [0.717, 1.165) is 5.69 Å². The predicted molar refractivity (Wildman–Crippen MR) is 74.0 cm³/mol. The maximum Gasteiger partial charge on any atom is 0.586 e. The maximum absolute atomic E-state index is 12.9. The highest BCUT2D eigenvalue weighted by Gasteiger charge is 2.43. The van der Waals surface area contributed by atoms with Crippen molar-refractivity contribution in [3.63, 3.8) is 0 Å².